The summed E-state index contributed by atoms with van der Waals surface area (Å²) in [5.74, 6) is -0.580. The average molecular weight is 354 g/mol. The van der Waals surface area contributed by atoms with Crippen molar-refractivity contribution in [3.05, 3.63) is 65.7 Å². The third-order valence-corrected chi connectivity index (χ3v) is 4.94. The Morgan fingerprint density at radius 2 is 1.88 bits per heavy atom. The van der Waals surface area contributed by atoms with Crippen molar-refractivity contribution in [1.29, 1.82) is 0 Å². The number of nitrogens with zero attached hydrogens (tertiary/aromatic N) is 1. The van der Waals surface area contributed by atoms with Crippen LogP contribution in [0.4, 0.5) is 10.5 Å². The Balaban J connectivity index is 1.61. The van der Waals surface area contributed by atoms with E-state index >= 15 is 0 Å². The van der Waals surface area contributed by atoms with Crippen LogP contribution in [0.2, 0.25) is 0 Å². The van der Waals surface area contributed by atoms with Gasteiger partial charge in [0.05, 0.1) is 6.54 Å². The van der Waals surface area contributed by atoms with Crippen molar-refractivity contribution in [2.75, 3.05) is 5.32 Å². The van der Waals surface area contributed by atoms with Crippen LogP contribution in [0.1, 0.15) is 17.5 Å². The van der Waals surface area contributed by atoms with Crippen LogP contribution in [0.15, 0.2) is 54.6 Å². The molecule has 5 nitrogen and oxygen atoms in total. The van der Waals surface area contributed by atoms with Crippen molar-refractivity contribution in [2.24, 2.45) is 0 Å². The maximum absolute atomic E-state index is 12.5. The number of anilines is 1. The molecule has 2 aromatic rings. The molecule has 0 saturated carbocycles. The van der Waals surface area contributed by atoms with Crippen LogP contribution in [-0.2, 0) is 16.1 Å². The van der Waals surface area contributed by atoms with E-state index in [4.69, 9.17) is 0 Å². The number of carbonyl (C=O) groups is 3. The fraction of sp³-hybridized carbons (Fsp3) is 0.211. The van der Waals surface area contributed by atoms with Crippen LogP contribution in [0.3, 0.4) is 0 Å². The SMILES string of the molecule is Cc1cccc(NC(=O)C[C@@H]2SC(=O)N(Cc3ccccc3)C2=O)c1. The minimum atomic E-state index is -0.666. The number of aryl methyl sites for hydroxylation is 1. The minimum absolute atomic E-state index is 0.0194. The molecule has 0 aromatic heterocycles. The molecule has 1 aliphatic heterocycles. The molecule has 1 N–H and O–H groups in total. The Morgan fingerprint density at radius 3 is 2.60 bits per heavy atom. The number of hydrogen-bond donors (Lipinski definition) is 1. The van der Waals surface area contributed by atoms with Crippen molar-refractivity contribution < 1.29 is 14.4 Å². The van der Waals surface area contributed by atoms with Gasteiger partial charge in [-0.05, 0) is 30.2 Å². The van der Waals surface area contributed by atoms with E-state index < -0.39 is 5.25 Å². The number of rotatable bonds is 5. The van der Waals surface area contributed by atoms with Gasteiger partial charge in [-0.1, -0.05) is 54.2 Å². The van der Waals surface area contributed by atoms with E-state index in [-0.39, 0.29) is 30.0 Å². The predicted molar refractivity (Wildman–Crippen MR) is 98.2 cm³/mol. The minimum Gasteiger partial charge on any atom is -0.326 e. The Bertz CT molecular complexity index is 807. The first-order valence-electron chi connectivity index (χ1n) is 7.95. The molecule has 128 valence electrons. The number of thioether (sulfide) groups is 1. The van der Waals surface area contributed by atoms with E-state index in [0.29, 0.717) is 5.69 Å². The Hall–Kier alpha value is -2.60. The quantitative estimate of drug-likeness (QED) is 0.891. The maximum Gasteiger partial charge on any atom is 0.289 e. The highest BCUT2D eigenvalue weighted by Crippen LogP contribution is 2.30. The molecule has 0 radical (unpaired) electrons. The van der Waals surface area contributed by atoms with Crippen LogP contribution >= 0.6 is 11.8 Å². The first-order valence-corrected chi connectivity index (χ1v) is 8.83. The average Bonchev–Trinajstić information content (AvgIpc) is 2.83. The van der Waals surface area contributed by atoms with Gasteiger partial charge < -0.3 is 5.32 Å². The summed E-state index contributed by atoms with van der Waals surface area (Å²) in [6.45, 7) is 2.17. The fourth-order valence-corrected chi connectivity index (χ4v) is 3.63. The standard InChI is InChI=1S/C19H18N2O3S/c1-13-6-5-9-15(10-13)20-17(22)11-16-18(23)21(19(24)25-16)12-14-7-3-2-4-8-14/h2-10,16H,11-12H2,1H3,(H,20,22)/t16-/m0/s1. The monoisotopic (exact) mass is 354 g/mol. The number of carbonyl (C=O) groups excluding carboxylic acids is 3. The van der Waals surface area contributed by atoms with Crippen molar-refractivity contribution in [3.63, 3.8) is 0 Å². The van der Waals surface area contributed by atoms with Crippen molar-refractivity contribution in [2.45, 2.75) is 25.1 Å². The van der Waals surface area contributed by atoms with Gasteiger partial charge in [-0.25, -0.2) is 0 Å². The summed E-state index contributed by atoms with van der Waals surface area (Å²) in [6, 6.07) is 16.8. The van der Waals surface area contributed by atoms with Gasteiger partial charge in [0.2, 0.25) is 11.8 Å². The van der Waals surface area contributed by atoms with Crippen LogP contribution < -0.4 is 5.32 Å². The van der Waals surface area contributed by atoms with Gasteiger partial charge in [-0.15, -0.1) is 0 Å². The summed E-state index contributed by atoms with van der Waals surface area (Å²) in [5.41, 5.74) is 2.61. The van der Waals surface area contributed by atoms with E-state index in [9.17, 15) is 14.4 Å². The molecule has 3 amide bonds. The van der Waals surface area contributed by atoms with Gasteiger partial charge in [-0.3, -0.25) is 19.3 Å². The summed E-state index contributed by atoms with van der Waals surface area (Å²) in [7, 11) is 0. The molecule has 3 rings (SSSR count). The molecule has 0 spiro atoms. The van der Waals surface area contributed by atoms with E-state index in [1.165, 1.54) is 4.90 Å². The van der Waals surface area contributed by atoms with Gasteiger partial charge >= 0.3 is 0 Å². The van der Waals surface area contributed by atoms with E-state index in [0.717, 1.165) is 22.9 Å². The zero-order valence-corrected chi connectivity index (χ0v) is 14.6. The highest BCUT2D eigenvalue weighted by molar-refractivity contribution is 8.15. The molecule has 6 heteroatoms. The van der Waals surface area contributed by atoms with Crippen LogP contribution in [0, 0.1) is 6.92 Å². The maximum atomic E-state index is 12.5. The Labute approximate surface area is 150 Å². The molecule has 25 heavy (non-hydrogen) atoms. The number of imide groups is 1. The molecule has 0 unspecified atom stereocenters. The Kier molecular flexibility index (Phi) is 5.19. The molecular weight excluding hydrogens is 336 g/mol. The summed E-state index contributed by atoms with van der Waals surface area (Å²) < 4.78 is 0. The van der Waals surface area contributed by atoms with Crippen LogP contribution in [0.25, 0.3) is 0 Å². The van der Waals surface area contributed by atoms with Crippen molar-refractivity contribution in [1.82, 2.24) is 4.90 Å². The summed E-state index contributed by atoms with van der Waals surface area (Å²) in [6.07, 6.45) is -0.0194. The van der Waals surface area contributed by atoms with Crippen molar-refractivity contribution >= 4 is 34.5 Å². The highest BCUT2D eigenvalue weighted by Gasteiger charge is 2.40. The first-order chi connectivity index (χ1) is 12.0. The molecular formula is C19H18N2O3S. The van der Waals surface area contributed by atoms with Gasteiger partial charge in [0.1, 0.15) is 5.25 Å². The highest BCUT2D eigenvalue weighted by atomic mass is 32.2. The summed E-state index contributed by atoms with van der Waals surface area (Å²) in [4.78, 5) is 38.0. The van der Waals surface area contributed by atoms with Gasteiger partial charge in [-0.2, -0.15) is 0 Å². The zero-order chi connectivity index (χ0) is 17.8. The second-order valence-electron chi connectivity index (χ2n) is 5.90. The fourth-order valence-electron chi connectivity index (χ4n) is 2.64. The topological polar surface area (TPSA) is 66.5 Å². The molecule has 1 aliphatic rings. The lowest BCUT2D eigenvalue weighted by molar-refractivity contribution is -0.129. The second kappa shape index (κ2) is 7.53. The third kappa shape index (κ3) is 4.28. The number of hydrogen-bond acceptors (Lipinski definition) is 4. The molecule has 0 bridgehead atoms. The van der Waals surface area contributed by atoms with Crippen LogP contribution in [0.5, 0.6) is 0 Å². The van der Waals surface area contributed by atoms with Gasteiger partial charge in [0.25, 0.3) is 5.24 Å². The smallest absolute Gasteiger partial charge is 0.289 e. The van der Waals surface area contributed by atoms with E-state index in [1.807, 2.05) is 55.5 Å². The number of nitrogens with one attached hydrogen (secondary N) is 1. The lowest BCUT2D eigenvalue weighted by atomic mass is 10.2. The summed E-state index contributed by atoms with van der Waals surface area (Å²) in [5, 5.41) is 1.81. The van der Waals surface area contributed by atoms with Gasteiger partial charge in [0.15, 0.2) is 0 Å². The molecule has 2 aromatic carbocycles. The normalized spacial score (nSPS) is 17.0. The second-order valence-corrected chi connectivity index (χ2v) is 7.06. The molecule has 1 heterocycles. The lowest BCUT2D eigenvalue weighted by Gasteiger charge is -2.14. The molecule has 1 fully saturated rings. The van der Waals surface area contributed by atoms with E-state index in [1.54, 1.807) is 6.07 Å². The molecule has 1 atom stereocenters. The molecule has 0 aliphatic carbocycles. The number of benzene rings is 2. The molecule has 1 saturated heterocycles. The van der Waals surface area contributed by atoms with Crippen LogP contribution in [-0.4, -0.2) is 27.2 Å². The van der Waals surface area contributed by atoms with E-state index in [2.05, 4.69) is 5.32 Å². The predicted octanol–water partition coefficient (Wildman–Crippen LogP) is 3.59. The lowest BCUT2D eigenvalue weighted by Crippen LogP contribution is -2.32. The largest absolute Gasteiger partial charge is 0.326 e. The summed E-state index contributed by atoms with van der Waals surface area (Å²) >= 11 is 0.920. The van der Waals surface area contributed by atoms with Crippen molar-refractivity contribution in [3.8, 4) is 0 Å². The Morgan fingerprint density at radius 1 is 1.12 bits per heavy atom. The number of amides is 3. The first kappa shape index (κ1) is 17.2. The van der Waals surface area contributed by atoms with Gasteiger partial charge in [0, 0.05) is 12.1 Å². The zero-order valence-electron chi connectivity index (χ0n) is 13.8. The third-order valence-electron chi connectivity index (χ3n) is 3.86.